The monoisotopic (exact) mass is 272 g/mol. The summed E-state index contributed by atoms with van der Waals surface area (Å²) < 4.78 is 17.5. The molecule has 0 N–H and O–H groups in total. The summed E-state index contributed by atoms with van der Waals surface area (Å²) in [4.78, 5) is 0. The molecule has 0 aliphatic heterocycles. The molecule has 0 radical (unpaired) electrons. The van der Waals surface area contributed by atoms with Gasteiger partial charge in [-0.1, -0.05) is 32.8 Å². The van der Waals surface area contributed by atoms with Crippen LogP contribution in [0.4, 0.5) is 0 Å². The summed E-state index contributed by atoms with van der Waals surface area (Å²) in [5.74, 6) is 0. The number of ether oxygens (including phenoxy) is 3. The van der Waals surface area contributed by atoms with Crippen LogP contribution in [0.1, 0.15) is 53.4 Å². The Kier molecular flexibility index (Phi) is 12.4. The topological polar surface area (TPSA) is 27.7 Å². The van der Waals surface area contributed by atoms with E-state index < -0.39 is 0 Å². The van der Waals surface area contributed by atoms with Crippen LogP contribution in [-0.4, -0.2) is 38.1 Å². The van der Waals surface area contributed by atoms with Gasteiger partial charge in [-0.05, 0) is 26.7 Å². The average molecular weight is 272 g/mol. The van der Waals surface area contributed by atoms with Crippen molar-refractivity contribution in [3.05, 3.63) is 12.7 Å². The van der Waals surface area contributed by atoms with Crippen LogP contribution in [0.25, 0.3) is 0 Å². The Labute approximate surface area is 119 Å². The Bertz CT molecular complexity index is 206. The maximum atomic E-state index is 5.95. The van der Waals surface area contributed by atoms with Crippen molar-refractivity contribution in [3.8, 4) is 0 Å². The quantitative estimate of drug-likeness (QED) is 0.375. The van der Waals surface area contributed by atoms with Crippen molar-refractivity contribution in [2.75, 3.05) is 19.8 Å². The summed E-state index contributed by atoms with van der Waals surface area (Å²) in [5.41, 5.74) is 0. The number of unbranched alkanes of at least 4 members (excludes halogenated alkanes) is 2. The lowest BCUT2D eigenvalue weighted by atomic mass is 10.1. The first-order valence-corrected chi connectivity index (χ1v) is 7.63. The molecular weight excluding hydrogens is 240 g/mol. The zero-order valence-electron chi connectivity index (χ0n) is 13.2. The molecule has 0 saturated carbocycles. The first-order valence-electron chi connectivity index (χ1n) is 7.63. The molecule has 0 aliphatic carbocycles. The molecule has 0 aromatic carbocycles. The molecule has 0 bridgehead atoms. The maximum Gasteiger partial charge on any atom is 0.109 e. The third-order valence-corrected chi connectivity index (χ3v) is 3.09. The van der Waals surface area contributed by atoms with Crippen molar-refractivity contribution >= 4 is 0 Å². The fourth-order valence-electron chi connectivity index (χ4n) is 1.84. The highest BCUT2D eigenvalue weighted by Gasteiger charge is 2.25. The standard InChI is InChI=1S/C16H32O3/c1-6-9-12-18-15(5)16(19-13-10-7-2)14(4)17-11-8-3/h8,14-16H,3,6-7,9-13H2,1-2,4-5H3/t14-,15+,16+/m1/s1. The molecule has 19 heavy (non-hydrogen) atoms. The largest absolute Gasteiger partial charge is 0.376 e. The minimum Gasteiger partial charge on any atom is -0.376 e. The van der Waals surface area contributed by atoms with E-state index in [4.69, 9.17) is 14.2 Å². The Balaban J connectivity index is 4.23. The van der Waals surface area contributed by atoms with E-state index >= 15 is 0 Å². The lowest BCUT2D eigenvalue weighted by Gasteiger charge is -2.29. The number of hydrogen-bond donors (Lipinski definition) is 0. The van der Waals surface area contributed by atoms with Crippen LogP contribution < -0.4 is 0 Å². The van der Waals surface area contributed by atoms with Crippen molar-refractivity contribution in [3.63, 3.8) is 0 Å². The molecular formula is C16H32O3. The van der Waals surface area contributed by atoms with Crippen LogP contribution >= 0.6 is 0 Å². The highest BCUT2D eigenvalue weighted by atomic mass is 16.6. The third-order valence-electron chi connectivity index (χ3n) is 3.09. The van der Waals surface area contributed by atoms with Crippen molar-refractivity contribution in [1.82, 2.24) is 0 Å². The predicted octanol–water partition coefficient (Wildman–Crippen LogP) is 3.97. The average Bonchev–Trinajstić information content (AvgIpc) is 2.41. The van der Waals surface area contributed by atoms with Crippen LogP contribution in [0.15, 0.2) is 12.7 Å². The summed E-state index contributed by atoms with van der Waals surface area (Å²) in [6.45, 7) is 14.2. The summed E-state index contributed by atoms with van der Waals surface area (Å²) >= 11 is 0. The van der Waals surface area contributed by atoms with Gasteiger partial charge < -0.3 is 14.2 Å². The van der Waals surface area contributed by atoms with Crippen molar-refractivity contribution < 1.29 is 14.2 Å². The second-order valence-electron chi connectivity index (χ2n) is 4.95. The SMILES string of the molecule is C=CCO[C@H](C)[C@H](OCCCC)[C@H](C)OCCCC. The number of hydrogen-bond acceptors (Lipinski definition) is 3. The van der Waals surface area contributed by atoms with Gasteiger partial charge in [-0.2, -0.15) is 0 Å². The second kappa shape index (κ2) is 12.6. The first-order chi connectivity index (χ1) is 9.17. The van der Waals surface area contributed by atoms with Crippen molar-refractivity contribution in [2.45, 2.75) is 71.7 Å². The normalized spacial score (nSPS) is 16.0. The van der Waals surface area contributed by atoms with Crippen LogP contribution in [0.3, 0.4) is 0 Å². The lowest BCUT2D eigenvalue weighted by Crippen LogP contribution is -2.40. The van der Waals surface area contributed by atoms with Gasteiger partial charge in [0.25, 0.3) is 0 Å². The molecule has 0 heterocycles. The maximum absolute atomic E-state index is 5.95. The molecule has 0 aromatic heterocycles. The Morgan fingerprint density at radius 2 is 1.42 bits per heavy atom. The van der Waals surface area contributed by atoms with Gasteiger partial charge in [0.1, 0.15) is 6.10 Å². The summed E-state index contributed by atoms with van der Waals surface area (Å²) in [6.07, 6.45) is 6.29. The fourth-order valence-corrected chi connectivity index (χ4v) is 1.84. The molecule has 0 rings (SSSR count). The van der Waals surface area contributed by atoms with Crippen LogP contribution in [0.2, 0.25) is 0 Å². The van der Waals surface area contributed by atoms with E-state index in [0.717, 1.165) is 38.9 Å². The molecule has 3 nitrogen and oxygen atoms in total. The second-order valence-corrected chi connectivity index (χ2v) is 4.95. The van der Waals surface area contributed by atoms with E-state index in [2.05, 4.69) is 27.4 Å². The van der Waals surface area contributed by atoms with E-state index in [0.29, 0.717) is 6.61 Å². The van der Waals surface area contributed by atoms with Gasteiger partial charge in [-0.15, -0.1) is 6.58 Å². The molecule has 114 valence electrons. The molecule has 0 amide bonds. The van der Waals surface area contributed by atoms with E-state index in [1.165, 1.54) is 0 Å². The van der Waals surface area contributed by atoms with E-state index in [-0.39, 0.29) is 18.3 Å². The Hall–Kier alpha value is -0.380. The molecule has 3 heteroatoms. The zero-order chi connectivity index (χ0) is 14.5. The minimum absolute atomic E-state index is 0.0108. The molecule has 0 spiro atoms. The van der Waals surface area contributed by atoms with E-state index in [9.17, 15) is 0 Å². The smallest absolute Gasteiger partial charge is 0.109 e. The Morgan fingerprint density at radius 3 is 1.95 bits per heavy atom. The van der Waals surface area contributed by atoms with Gasteiger partial charge in [0.05, 0.1) is 18.8 Å². The van der Waals surface area contributed by atoms with Crippen molar-refractivity contribution in [1.29, 1.82) is 0 Å². The third kappa shape index (κ3) is 9.20. The van der Waals surface area contributed by atoms with Crippen LogP contribution in [-0.2, 0) is 14.2 Å². The van der Waals surface area contributed by atoms with Gasteiger partial charge in [-0.3, -0.25) is 0 Å². The van der Waals surface area contributed by atoms with E-state index in [1.807, 2.05) is 6.92 Å². The van der Waals surface area contributed by atoms with Gasteiger partial charge in [0, 0.05) is 13.2 Å². The van der Waals surface area contributed by atoms with Gasteiger partial charge >= 0.3 is 0 Å². The molecule has 0 aromatic rings. The van der Waals surface area contributed by atoms with E-state index in [1.54, 1.807) is 6.08 Å². The van der Waals surface area contributed by atoms with Gasteiger partial charge in [0.2, 0.25) is 0 Å². The Morgan fingerprint density at radius 1 is 0.895 bits per heavy atom. The zero-order valence-corrected chi connectivity index (χ0v) is 13.2. The van der Waals surface area contributed by atoms with Crippen LogP contribution in [0, 0.1) is 0 Å². The highest BCUT2D eigenvalue weighted by molar-refractivity contribution is 4.76. The summed E-state index contributed by atoms with van der Waals surface area (Å²) in [7, 11) is 0. The molecule has 3 atom stereocenters. The predicted molar refractivity (Wildman–Crippen MR) is 80.6 cm³/mol. The first kappa shape index (κ1) is 18.6. The fraction of sp³-hybridized carbons (Fsp3) is 0.875. The van der Waals surface area contributed by atoms with Gasteiger partial charge in [0.15, 0.2) is 0 Å². The number of rotatable bonds is 13. The lowest BCUT2D eigenvalue weighted by molar-refractivity contribution is -0.126. The molecule has 0 aliphatic rings. The minimum atomic E-state index is -0.0108. The van der Waals surface area contributed by atoms with Crippen LogP contribution in [0.5, 0.6) is 0 Å². The van der Waals surface area contributed by atoms with Gasteiger partial charge in [-0.25, -0.2) is 0 Å². The van der Waals surface area contributed by atoms with Crippen molar-refractivity contribution in [2.24, 2.45) is 0 Å². The molecule has 0 saturated heterocycles. The molecule has 0 unspecified atom stereocenters. The summed E-state index contributed by atoms with van der Waals surface area (Å²) in [5, 5.41) is 0. The summed E-state index contributed by atoms with van der Waals surface area (Å²) in [6, 6.07) is 0. The highest BCUT2D eigenvalue weighted by Crippen LogP contribution is 2.13. The molecule has 0 fully saturated rings.